The van der Waals surface area contributed by atoms with Gasteiger partial charge in [0.2, 0.25) is 0 Å². The van der Waals surface area contributed by atoms with E-state index in [2.05, 4.69) is 0 Å². The molecule has 0 aliphatic rings. The lowest BCUT2D eigenvalue weighted by atomic mass is 10.2. The number of halogens is 2. The molecule has 66 valence electrons. The summed E-state index contributed by atoms with van der Waals surface area (Å²) in [6.45, 7) is 0.271. The van der Waals surface area contributed by atoms with Gasteiger partial charge in [-0.2, -0.15) is 8.39 Å². The van der Waals surface area contributed by atoms with Crippen LogP contribution in [0, 0.1) is 0 Å². The van der Waals surface area contributed by atoms with Gasteiger partial charge < -0.3 is 4.74 Å². The third kappa shape index (κ3) is 3.74. The fourth-order valence-corrected chi connectivity index (χ4v) is 1.04. The Morgan fingerprint density at radius 2 is 1.83 bits per heavy atom. The van der Waals surface area contributed by atoms with Crippen LogP contribution >= 0.6 is 8.54 Å². The van der Waals surface area contributed by atoms with E-state index in [0.717, 1.165) is 5.56 Å². The molecule has 0 saturated heterocycles. The van der Waals surface area contributed by atoms with Crippen LogP contribution < -0.4 is 0 Å². The molecular formula is C8H9F2OP. The molecule has 1 aromatic carbocycles. The van der Waals surface area contributed by atoms with E-state index in [0.29, 0.717) is 0 Å². The van der Waals surface area contributed by atoms with E-state index in [9.17, 15) is 8.39 Å². The molecule has 0 fully saturated rings. The fraction of sp³-hybridized carbons (Fsp3) is 0.250. The summed E-state index contributed by atoms with van der Waals surface area (Å²) in [5.74, 6) is 0. The Balaban J connectivity index is 2.25. The molecule has 12 heavy (non-hydrogen) atoms. The molecule has 1 nitrogen and oxygen atoms in total. The molecule has 0 atom stereocenters. The second-order valence-corrected chi connectivity index (χ2v) is 3.13. The number of benzene rings is 1. The summed E-state index contributed by atoms with van der Waals surface area (Å²) >= 11 is 0. The van der Waals surface area contributed by atoms with Crippen LogP contribution in [0.5, 0.6) is 0 Å². The topological polar surface area (TPSA) is 9.23 Å². The normalized spacial score (nSPS) is 10.6. The molecule has 0 aromatic heterocycles. The Morgan fingerprint density at radius 1 is 1.17 bits per heavy atom. The standard InChI is InChI=1S/C8H9F2OP/c9-12(10)7-11-6-8-4-2-1-3-5-8/h1-5H,6-7H2. The Bertz CT molecular complexity index is 216. The molecule has 0 bridgehead atoms. The molecule has 0 amide bonds. The highest BCUT2D eigenvalue weighted by Crippen LogP contribution is 2.38. The van der Waals surface area contributed by atoms with E-state index in [1.807, 2.05) is 30.3 Å². The van der Waals surface area contributed by atoms with Crippen LogP contribution in [0.25, 0.3) is 0 Å². The molecule has 0 aliphatic heterocycles. The molecule has 0 heterocycles. The molecule has 0 aliphatic carbocycles. The van der Waals surface area contributed by atoms with Crippen LogP contribution in [0.3, 0.4) is 0 Å². The first-order valence-corrected chi connectivity index (χ1v) is 4.80. The van der Waals surface area contributed by atoms with Crippen molar-refractivity contribution >= 4 is 8.54 Å². The average Bonchev–Trinajstić information content (AvgIpc) is 2.05. The van der Waals surface area contributed by atoms with Crippen LogP contribution in [0.2, 0.25) is 0 Å². The molecule has 0 unspecified atom stereocenters. The van der Waals surface area contributed by atoms with Crippen LogP contribution in [0.15, 0.2) is 30.3 Å². The highest BCUT2D eigenvalue weighted by atomic mass is 31.2. The summed E-state index contributed by atoms with van der Waals surface area (Å²) < 4.78 is 28.1. The minimum absolute atomic E-state index is 0.271. The summed E-state index contributed by atoms with van der Waals surface area (Å²) in [5, 5.41) is 0. The molecule has 1 rings (SSSR count). The van der Waals surface area contributed by atoms with Crippen molar-refractivity contribution < 1.29 is 13.1 Å². The van der Waals surface area contributed by atoms with Gasteiger partial charge in [0, 0.05) is 0 Å². The highest BCUT2D eigenvalue weighted by Gasteiger charge is 2.02. The van der Waals surface area contributed by atoms with Gasteiger partial charge in [0.25, 0.3) is 8.54 Å². The van der Waals surface area contributed by atoms with Crippen LogP contribution in [0.4, 0.5) is 8.39 Å². The van der Waals surface area contributed by atoms with Crippen molar-refractivity contribution in [2.75, 3.05) is 6.35 Å². The molecule has 4 heteroatoms. The average molecular weight is 190 g/mol. The zero-order chi connectivity index (χ0) is 8.81. The maximum absolute atomic E-state index is 11.7. The smallest absolute Gasteiger partial charge is 0.292 e. The third-order valence-corrected chi connectivity index (χ3v) is 1.68. The zero-order valence-electron chi connectivity index (χ0n) is 6.41. The van der Waals surface area contributed by atoms with Gasteiger partial charge in [0.15, 0.2) is 0 Å². The van der Waals surface area contributed by atoms with Crippen molar-refractivity contribution in [3.05, 3.63) is 35.9 Å². The largest absolute Gasteiger partial charge is 0.367 e. The minimum atomic E-state index is -2.92. The first-order chi connectivity index (χ1) is 5.79. The van der Waals surface area contributed by atoms with Gasteiger partial charge in [-0.25, -0.2) is 0 Å². The van der Waals surface area contributed by atoms with E-state index >= 15 is 0 Å². The van der Waals surface area contributed by atoms with Gasteiger partial charge in [0.05, 0.1) is 6.61 Å². The van der Waals surface area contributed by atoms with E-state index < -0.39 is 14.9 Å². The van der Waals surface area contributed by atoms with Gasteiger partial charge in [-0.1, -0.05) is 30.3 Å². The Kier molecular flexibility index (Phi) is 4.12. The SMILES string of the molecule is FP(F)COCc1ccccc1. The lowest BCUT2D eigenvalue weighted by Crippen LogP contribution is -1.90. The third-order valence-electron chi connectivity index (χ3n) is 1.30. The Morgan fingerprint density at radius 3 is 2.42 bits per heavy atom. The summed E-state index contributed by atoms with van der Waals surface area (Å²) in [7, 11) is -2.92. The molecule has 0 spiro atoms. The predicted octanol–water partition coefficient (Wildman–Crippen LogP) is 3.41. The van der Waals surface area contributed by atoms with Gasteiger partial charge in [-0.3, -0.25) is 0 Å². The summed E-state index contributed by atoms with van der Waals surface area (Å²) in [5.41, 5.74) is 0.925. The van der Waals surface area contributed by atoms with E-state index in [1.165, 1.54) is 0 Å². The van der Waals surface area contributed by atoms with Gasteiger partial charge in [0.1, 0.15) is 6.35 Å². The lowest BCUT2D eigenvalue weighted by Gasteiger charge is -2.01. The number of ether oxygens (including phenoxy) is 1. The van der Waals surface area contributed by atoms with Crippen molar-refractivity contribution in [2.45, 2.75) is 6.61 Å². The maximum Gasteiger partial charge on any atom is 0.292 e. The predicted molar refractivity (Wildman–Crippen MR) is 45.2 cm³/mol. The second-order valence-electron chi connectivity index (χ2n) is 2.27. The zero-order valence-corrected chi connectivity index (χ0v) is 7.31. The molecule has 1 aromatic rings. The van der Waals surface area contributed by atoms with Crippen molar-refractivity contribution in [1.82, 2.24) is 0 Å². The van der Waals surface area contributed by atoms with Crippen molar-refractivity contribution in [2.24, 2.45) is 0 Å². The summed E-state index contributed by atoms with van der Waals surface area (Å²) in [6, 6.07) is 9.27. The lowest BCUT2D eigenvalue weighted by molar-refractivity contribution is 0.161. The second kappa shape index (κ2) is 5.18. The van der Waals surface area contributed by atoms with Crippen molar-refractivity contribution in [3.63, 3.8) is 0 Å². The number of rotatable bonds is 4. The minimum Gasteiger partial charge on any atom is -0.367 e. The number of hydrogen-bond donors (Lipinski definition) is 0. The van der Waals surface area contributed by atoms with Gasteiger partial charge >= 0.3 is 0 Å². The maximum atomic E-state index is 11.7. The Hall–Kier alpha value is -0.530. The van der Waals surface area contributed by atoms with E-state index in [4.69, 9.17) is 4.74 Å². The quantitative estimate of drug-likeness (QED) is 0.661. The van der Waals surface area contributed by atoms with Gasteiger partial charge in [-0.15, -0.1) is 0 Å². The van der Waals surface area contributed by atoms with E-state index in [1.54, 1.807) is 0 Å². The summed E-state index contributed by atoms with van der Waals surface area (Å²) in [6.07, 6.45) is -0.426. The van der Waals surface area contributed by atoms with E-state index in [-0.39, 0.29) is 6.61 Å². The summed E-state index contributed by atoms with van der Waals surface area (Å²) in [4.78, 5) is 0. The first-order valence-electron chi connectivity index (χ1n) is 3.50. The fourth-order valence-electron chi connectivity index (χ4n) is 0.807. The first kappa shape index (κ1) is 9.56. The van der Waals surface area contributed by atoms with Crippen LogP contribution in [-0.4, -0.2) is 6.35 Å². The highest BCUT2D eigenvalue weighted by molar-refractivity contribution is 7.46. The van der Waals surface area contributed by atoms with Crippen molar-refractivity contribution in [1.29, 1.82) is 0 Å². The van der Waals surface area contributed by atoms with Crippen molar-refractivity contribution in [3.8, 4) is 0 Å². The van der Waals surface area contributed by atoms with Crippen LogP contribution in [0.1, 0.15) is 5.56 Å². The number of hydrogen-bond acceptors (Lipinski definition) is 1. The van der Waals surface area contributed by atoms with Crippen LogP contribution in [-0.2, 0) is 11.3 Å². The monoisotopic (exact) mass is 190 g/mol. The molecule has 0 N–H and O–H groups in total. The molecular weight excluding hydrogens is 181 g/mol. The Labute approximate surface area is 71.4 Å². The van der Waals surface area contributed by atoms with Gasteiger partial charge in [-0.05, 0) is 5.56 Å². The molecule has 0 saturated carbocycles. The molecule has 0 radical (unpaired) electrons.